The number of carboxylic acids is 2. The highest BCUT2D eigenvalue weighted by Gasteiger charge is 1.85. The van der Waals surface area contributed by atoms with Crippen molar-refractivity contribution in [3.63, 3.8) is 0 Å². The largest absolute Gasteiger partial charge is 0.479 e. The maximum atomic E-state index is 10.5. The quantitative estimate of drug-likeness (QED) is 0.572. The predicted octanol–water partition coefficient (Wildman–Crippen LogP) is -0.300. The van der Waals surface area contributed by atoms with E-state index < -0.39 is 25.3 Å². The molecule has 0 aromatic heterocycles. The van der Waals surface area contributed by atoms with E-state index in [0.717, 1.165) is 0 Å². The van der Waals surface area contributed by atoms with Crippen molar-refractivity contribution in [1.82, 2.24) is 0 Å². The van der Waals surface area contributed by atoms with Gasteiger partial charge in [-0.25, -0.2) is 18.4 Å². The van der Waals surface area contributed by atoms with Gasteiger partial charge in [-0.2, -0.15) is 0 Å². The lowest BCUT2D eigenvalue weighted by molar-refractivity contribution is -0.138. The van der Waals surface area contributed by atoms with E-state index in [1.165, 1.54) is 0 Å². The molecule has 0 aromatic carbocycles. The van der Waals surface area contributed by atoms with Crippen molar-refractivity contribution in [2.24, 2.45) is 0 Å². The van der Waals surface area contributed by atoms with Crippen molar-refractivity contribution in [3.05, 3.63) is 0 Å². The summed E-state index contributed by atoms with van der Waals surface area (Å²) in [7, 11) is 0. The molecule has 0 fully saturated rings. The molecule has 4 nitrogen and oxygen atoms in total. The lowest BCUT2D eigenvalue weighted by Crippen LogP contribution is -1.93. The Bertz CT molecular complexity index is 105. The van der Waals surface area contributed by atoms with Crippen molar-refractivity contribution in [2.45, 2.75) is 0 Å². The zero-order valence-electron chi connectivity index (χ0n) is 5.59. The monoisotopic (exact) mass is 180 g/mol. The number of aliphatic carboxylic acids is 2. The first-order chi connectivity index (χ1) is 4.54. The van der Waals surface area contributed by atoms with Gasteiger partial charge in [-0.15, -0.1) is 0 Å². The van der Waals surface area contributed by atoms with Crippen LogP contribution in [0.1, 0.15) is 0 Å². The Hall–Kier alpha value is -0.434. The Kier molecular flexibility index (Phi) is 18.8. The second-order valence-corrected chi connectivity index (χ2v) is 1.05. The summed E-state index contributed by atoms with van der Waals surface area (Å²) in [6, 6.07) is 0. The van der Waals surface area contributed by atoms with Crippen LogP contribution in [0.5, 0.6) is 0 Å². The van der Waals surface area contributed by atoms with Crippen LogP contribution >= 0.6 is 0 Å². The summed E-state index contributed by atoms with van der Waals surface area (Å²) < 4.78 is 21.0. The molecule has 0 spiro atoms. The first-order valence-corrected chi connectivity index (χ1v) is 2.10. The third kappa shape index (κ3) is 43.1. The van der Waals surface area contributed by atoms with Crippen molar-refractivity contribution in [1.29, 1.82) is 0 Å². The molecule has 0 saturated heterocycles. The van der Waals surface area contributed by atoms with Gasteiger partial charge in [-0.1, -0.05) is 0 Å². The third-order valence-corrected chi connectivity index (χ3v) is 0.229. The molecule has 0 aliphatic heterocycles. The van der Waals surface area contributed by atoms with Crippen LogP contribution in [0.15, 0.2) is 0 Å². The summed E-state index contributed by atoms with van der Waals surface area (Å²) in [5.74, 6) is -2.82. The minimum Gasteiger partial charge on any atom is -0.479 e. The van der Waals surface area contributed by atoms with Crippen molar-refractivity contribution in [3.8, 4) is 0 Å². The summed E-state index contributed by atoms with van der Waals surface area (Å²) in [5, 5.41) is 14.7. The fraction of sp³-hybridized carbons (Fsp3) is 0.500. The van der Waals surface area contributed by atoms with E-state index >= 15 is 0 Å². The summed E-state index contributed by atoms with van der Waals surface area (Å²) in [6.07, 6.45) is 0. The van der Waals surface area contributed by atoms with Gasteiger partial charge in [0.15, 0.2) is 13.3 Å². The molecule has 0 amide bonds. The molecule has 0 atom stereocenters. The van der Waals surface area contributed by atoms with E-state index in [1.54, 1.807) is 0 Å². The molecule has 0 aliphatic rings. The first kappa shape index (κ1) is 16.9. The van der Waals surface area contributed by atoms with Gasteiger partial charge in [-0.05, 0) is 0 Å². The molecule has 0 unspecified atom stereocenters. The van der Waals surface area contributed by atoms with Gasteiger partial charge in [0.1, 0.15) is 0 Å². The van der Waals surface area contributed by atoms with Crippen molar-refractivity contribution in [2.75, 3.05) is 13.3 Å². The number of carbonyl (C=O) groups is 2. The highest BCUT2D eigenvalue weighted by atomic mass is 24.3. The standard InChI is InChI=1S/2C2H3FO2.Mg/c2*3-1-2(4)5;/h2*1H2,(H,4,5);. The van der Waals surface area contributed by atoms with E-state index in [-0.39, 0.29) is 23.1 Å². The van der Waals surface area contributed by atoms with Gasteiger partial charge in [0.05, 0.1) is 0 Å². The molecule has 0 rings (SSSR count). The molecular weight excluding hydrogens is 174 g/mol. The Balaban J connectivity index is -0.000000107. The molecule has 7 heteroatoms. The van der Waals surface area contributed by atoms with Crippen LogP contribution in [0.2, 0.25) is 0 Å². The zero-order valence-corrected chi connectivity index (χ0v) is 7.00. The van der Waals surface area contributed by atoms with E-state index in [9.17, 15) is 8.78 Å². The molecule has 2 radical (unpaired) electrons. The average molecular weight is 180 g/mol. The normalized spacial score (nSPS) is 6.73. The van der Waals surface area contributed by atoms with Gasteiger partial charge >= 0.3 is 11.9 Å². The Labute approximate surface area is 77.4 Å². The van der Waals surface area contributed by atoms with Crippen molar-refractivity contribution < 1.29 is 28.6 Å². The lowest BCUT2D eigenvalue weighted by Gasteiger charge is -1.69. The maximum Gasteiger partial charge on any atom is 0.335 e. The minimum absolute atomic E-state index is 0. The van der Waals surface area contributed by atoms with Gasteiger partial charge in [-0.3, -0.25) is 0 Å². The molecule has 0 saturated carbocycles. The highest BCUT2D eigenvalue weighted by Crippen LogP contribution is 1.60. The average Bonchev–Trinajstić information content (AvgIpc) is 1.89. The fourth-order valence-corrected chi connectivity index (χ4v) is 0. The molecule has 62 valence electrons. The third-order valence-electron chi connectivity index (χ3n) is 0.229. The number of hydrogen-bond donors (Lipinski definition) is 2. The maximum absolute atomic E-state index is 10.5. The van der Waals surface area contributed by atoms with Crippen LogP contribution in [0.4, 0.5) is 8.78 Å². The smallest absolute Gasteiger partial charge is 0.335 e. The molecular formula is C4H6F2MgO4. The molecule has 0 aliphatic carbocycles. The fourth-order valence-electron chi connectivity index (χ4n) is 0. The molecule has 0 aromatic rings. The Morgan fingerprint density at radius 3 is 1.09 bits per heavy atom. The van der Waals surface area contributed by atoms with Crippen LogP contribution in [0, 0.1) is 0 Å². The van der Waals surface area contributed by atoms with E-state index in [4.69, 9.17) is 19.8 Å². The number of alkyl halides is 2. The van der Waals surface area contributed by atoms with E-state index in [0.29, 0.717) is 0 Å². The summed E-state index contributed by atoms with van der Waals surface area (Å²) in [6.45, 7) is -2.56. The van der Waals surface area contributed by atoms with Crippen molar-refractivity contribution >= 4 is 35.0 Å². The zero-order chi connectivity index (χ0) is 8.57. The molecule has 11 heavy (non-hydrogen) atoms. The predicted molar refractivity (Wildman–Crippen MR) is 33.0 cm³/mol. The number of rotatable bonds is 2. The van der Waals surface area contributed by atoms with Gasteiger partial charge in [0.25, 0.3) is 0 Å². The Morgan fingerprint density at radius 1 is 1.00 bits per heavy atom. The van der Waals surface area contributed by atoms with Crippen LogP contribution < -0.4 is 0 Å². The summed E-state index contributed by atoms with van der Waals surface area (Å²) in [4.78, 5) is 18.0. The van der Waals surface area contributed by atoms with Gasteiger partial charge in [0, 0.05) is 23.1 Å². The van der Waals surface area contributed by atoms with Crippen LogP contribution in [0.25, 0.3) is 0 Å². The number of carboxylic acid groups (broad SMARTS) is 2. The molecule has 0 bridgehead atoms. The van der Waals surface area contributed by atoms with Crippen LogP contribution in [0.3, 0.4) is 0 Å². The van der Waals surface area contributed by atoms with Gasteiger partial charge in [0.2, 0.25) is 0 Å². The summed E-state index contributed by atoms with van der Waals surface area (Å²) in [5.41, 5.74) is 0. The second-order valence-electron chi connectivity index (χ2n) is 1.05. The second kappa shape index (κ2) is 12.3. The van der Waals surface area contributed by atoms with Crippen LogP contribution in [-0.2, 0) is 9.59 Å². The van der Waals surface area contributed by atoms with E-state index in [2.05, 4.69) is 0 Å². The molecule has 0 heterocycles. The van der Waals surface area contributed by atoms with E-state index in [1.807, 2.05) is 0 Å². The lowest BCUT2D eigenvalue weighted by atomic mass is 10.8. The molecule has 2 N–H and O–H groups in total. The number of hydrogen-bond acceptors (Lipinski definition) is 2. The number of halogens is 2. The first-order valence-electron chi connectivity index (χ1n) is 2.10. The summed E-state index contributed by atoms with van der Waals surface area (Å²) >= 11 is 0. The van der Waals surface area contributed by atoms with Crippen LogP contribution in [-0.4, -0.2) is 58.6 Å². The van der Waals surface area contributed by atoms with Gasteiger partial charge < -0.3 is 10.2 Å². The Morgan fingerprint density at radius 2 is 1.09 bits per heavy atom. The topological polar surface area (TPSA) is 74.6 Å². The minimum atomic E-state index is -1.41. The SMILES string of the molecule is O=C(O)CF.O=C(O)CF.[Mg]. The highest BCUT2D eigenvalue weighted by molar-refractivity contribution is 5.75.